The molecule has 0 bridgehead atoms. The molecule has 2 aromatic rings. The normalized spacial score (nSPS) is 11.4. The number of thioether (sulfide) groups is 1. The SMILES string of the molecule is OC(C#CCSc1ccccc1)c1ccccc1. The van der Waals surface area contributed by atoms with Crippen molar-refractivity contribution in [2.24, 2.45) is 0 Å². The van der Waals surface area contributed by atoms with Crippen LogP contribution in [0.5, 0.6) is 0 Å². The van der Waals surface area contributed by atoms with Gasteiger partial charge in [0.05, 0.1) is 5.75 Å². The summed E-state index contributed by atoms with van der Waals surface area (Å²) in [5.74, 6) is 6.54. The molecule has 0 aliphatic carbocycles. The van der Waals surface area contributed by atoms with Crippen LogP contribution in [-0.4, -0.2) is 10.9 Å². The average Bonchev–Trinajstić information content (AvgIpc) is 2.45. The second-order valence-corrected chi connectivity index (χ2v) is 4.78. The molecule has 18 heavy (non-hydrogen) atoms. The van der Waals surface area contributed by atoms with Gasteiger partial charge in [-0.1, -0.05) is 60.4 Å². The van der Waals surface area contributed by atoms with Crippen LogP contribution in [0.3, 0.4) is 0 Å². The highest BCUT2D eigenvalue weighted by molar-refractivity contribution is 7.99. The van der Waals surface area contributed by atoms with Crippen LogP contribution in [0.2, 0.25) is 0 Å². The van der Waals surface area contributed by atoms with E-state index in [1.807, 2.05) is 48.5 Å². The highest BCUT2D eigenvalue weighted by atomic mass is 32.2. The minimum Gasteiger partial charge on any atom is -0.376 e. The Kier molecular flexibility index (Phi) is 4.89. The van der Waals surface area contributed by atoms with E-state index in [-0.39, 0.29) is 0 Å². The first-order valence-electron chi connectivity index (χ1n) is 5.75. The molecule has 0 saturated heterocycles. The van der Waals surface area contributed by atoms with Gasteiger partial charge in [0, 0.05) is 4.90 Å². The lowest BCUT2D eigenvalue weighted by atomic mass is 10.1. The molecule has 2 rings (SSSR count). The summed E-state index contributed by atoms with van der Waals surface area (Å²) >= 11 is 1.67. The molecule has 2 heteroatoms. The maximum absolute atomic E-state index is 9.83. The Labute approximate surface area is 112 Å². The van der Waals surface area contributed by atoms with Crippen molar-refractivity contribution in [3.8, 4) is 11.8 Å². The van der Waals surface area contributed by atoms with Gasteiger partial charge in [-0.3, -0.25) is 0 Å². The second-order valence-electron chi connectivity index (χ2n) is 3.74. The van der Waals surface area contributed by atoms with Crippen LogP contribution in [0.4, 0.5) is 0 Å². The summed E-state index contributed by atoms with van der Waals surface area (Å²) in [4.78, 5) is 1.20. The zero-order valence-corrected chi connectivity index (χ0v) is 10.7. The Balaban J connectivity index is 1.86. The summed E-state index contributed by atoms with van der Waals surface area (Å²) in [6, 6.07) is 19.6. The fourth-order valence-corrected chi connectivity index (χ4v) is 2.16. The average molecular weight is 254 g/mol. The number of benzene rings is 2. The second kappa shape index (κ2) is 6.90. The van der Waals surface area contributed by atoms with E-state index in [0.717, 1.165) is 5.56 Å². The molecule has 0 aromatic heterocycles. The molecule has 0 spiro atoms. The molecule has 0 amide bonds. The minimum absolute atomic E-state index is 0.688. The van der Waals surface area contributed by atoms with Crippen molar-refractivity contribution in [1.82, 2.24) is 0 Å². The van der Waals surface area contributed by atoms with Gasteiger partial charge in [-0.25, -0.2) is 0 Å². The van der Waals surface area contributed by atoms with E-state index < -0.39 is 6.10 Å². The highest BCUT2D eigenvalue weighted by Gasteiger charge is 2.00. The summed E-state index contributed by atoms with van der Waals surface area (Å²) in [6.07, 6.45) is -0.692. The fraction of sp³-hybridized carbons (Fsp3) is 0.125. The van der Waals surface area contributed by atoms with Gasteiger partial charge >= 0.3 is 0 Å². The topological polar surface area (TPSA) is 20.2 Å². The summed E-state index contributed by atoms with van der Waals surface area (Å²) in [7, 11) is 0. The molecule has 0 radical (unpaired) electrons. The number of aliphatic hydroxyl groups excluding tert-OH is 1. The highest BCUT2D eigenvalue weighted by Crippen LogP contribution is 2.16. The van der Waals surface area contributed by atoms with Crippen LogP contribution in [-0.2, 0) is 0 Å². The molecule has 1 nitrogen and oxygen atoms in total. The van der Waals surface area contributed by atoms with Crippen LogP contribution in [0.1, 0.15) is 11.7 Å². The zero-order valence-electron chi connectivity index (χ0n) is 9.91. The van der Waals surface area contributed by atoms with Crippen LogP contribution in [0.25, 0.3) is 0 Å². The van der Waals surface area contributed by atoms with Crippen molar-refractivity contribution >= 4 is 11.8 Å². The lowest BCUT2D eigenvalue weighted by Crippen LogP contribution is -1.92. The molecule has 90 valence electrons. The predicted molar refractivity (Wildman–Crippen MR) is 76.3 cm³/mol. The largest absolute Gasteiger partial charge is 0.376 e. The maximum atomic E-state index is 9.83. The number of rotatable bonds is 3. The minimum atomic E-state index is -0.692. The molecule has 1 N–H and O–H groups in total. The standard InChI is InChI=1S/C16H14OS/c17-16(14-8-3-1-4-9-14)12-7-13-18-15-10-5-2-6-11-15/h1-6,8-11,16-17H,13H2. The lowest BCUT2D eigenvalue weighted by molar-refractivity contribution is 0.238. The summed E-state index contributed by atoms with van der Waals surface area (Å²) in [5.41, 5.74) is 0.842. The van der Waals surface area contributed by atoms with Crippen molar-refractivity contribution in [1.29, 1.82) is 0 Å². The fourth-order valence-electron chi connectivity index (χ4n) is 1.49. The number of hydrogen-bond acceptors (Lipinski definition) is 2. The zero-order chi connectivity index (χ0) is 12.6. The van der Waals surface area contributed by atoms with Crippen LogP contribution < -0.4 is 0 Å². The van der Waals surface area contributed by atoms with Crippen LogP contribution in [0, 0.1) is 11.8 Å². The Morgan fingerprint density at radius 3 is 2.22 bits per heavy atom. The van der Waals surface area contributed by atoms with Gasteiger partial charge in [0.2, 0.25) is 0 Å². The van der Waals surface area contributed by atoms with Crippen molar-refractivity contribution in [3.05, 3.63) is 66.2 Å². The molecule has 0 aliphatic rings. The Bertz CT molecular complexity index is 525. The van der Waals surface area contributed by atoms with Crippen molar-refractivity contribution in [2.45, 2.75) is 11.0 Å². The molecule has 1 atom stereocenters. The van der Waals surface area contributed by atoms with E-state index in [1.54, 1.807) is 11.8 Å². The van der Waals surface area contributed by atoms with E-state index in [1.165, 1.54) is 4.90 Å². The molecular formula is C16H14OS. The molecule has 0 aliphatic heterocycles. The van der Waals surface area contributed by atoms with Gasteiger partial charge in [-0.2, -0.15) is 0 Å². The lowest BCUT2D eigenvalue weighted by Gasteiger charge is -2.01. The van der Waals surface area contributed by atoms with Gasteiger partial charge in [0.25, 0.3) is 0 Å². The molecule has 0 saturated carbocycles. The maximum Gasteiger partial charge on any atom is 0.140 e. The Hall–Kier alpha value is -1.69. The molecular weight excluding hydrogens is 240 g/mol. The van der Waals surface area contributed by atoms with Gasteiger partial charge in [0.1, 0.15) is 6.10 Å². The van der Waals surface area contributed by atoms with Crippen LogP contribution in [0.15, 0.2) is 65.6 Å². The van der Waals surface area contributed by atoms with E-state index in [2.05, 4.69) is 24.0 Å². The molecule has 0 fully saturated rings. The molecule has 1 unspecified atom stereocenters. The van der Waals surface area contributed by atoms with Crippen molar-refractivity contribution < 1.29 is 5.11 Å². The van der Waals surface area contributed by atoms with Gasteiger partial charge < -0.3 is 5.11 Å². The number of aliphatic hydroxyl groups is 1. The monoisotopic (exact) mass is 254 g/mol. The van der Waals surface area contributed by atoms with E-state index in [9.17, 15) is 5.11 Å². The first-order chi connectivity index (χ1) is 8.86. The summed E-state index contributed by atoms with van der Waals surface area (Å²) < 4.78 is 0. The third-order valence-corrected chi connectivity index (χ3v) is 3.30. The molecule has 2 aromatic carbocycles. The smallest absolute Gasteiger partial charge is 0.140 e. The van der Waals surface area contributed by atoms with E-state index in [4.69, 9.17) is 0 Å². The summed E-state index contributed by atoms with van der Waals surface area (Å²) in [6.45, 7) is 0. The third-order valence-electron chi connectivity index (χ3n) is 2.41. The molecule has 0 heterocycles. The Morgan fingerprint density at radius 2 is 1.56 bits per heavy atom. The van der Waals surface area contributed by atoms with E-state index in [0.29, 0.717) is 5.75 Å². The van der Waals surface area contributed by atoms with Crippen LogP contribution >= 0.6 is 11.8 Å². The quantitative estimate of drug-likeness (QED) is 0.668. The van der Waals surface area contributed by atoms with Gasteiger partial charge in [-0.05, 0) is 17.7 Å². The third kappa shape index (κ3) is 3.96. The Morgan fingerprint density at radius 1 is 0.944 bits per heavy atom. The summed E-state index contributed by atoms with van der Waals surface area (Å²) in [5, 5.41) is 9.83. The number of hydrogen-bond donors (Lipinski definition) is 1. The van der Waals surface area contributed by atoms with Crippen molar-refractivity contribution in [3.63, 3.8) is 0 Å². The van der Waals surface area contributed by atoms with Gasteiger partial charge in [0.15, 0.2) is 0 Å². The van der Waals surface area contributed by atoms with Crippen molar-refractivity contribution in [2.75, 3.05) is 5.75 Å². The van der Waals surface area contributed by atoms with Gasteiger partial charge in [-0.15, -0.1) is 11.8 Å². The van der Waals surface area contributed by atoms with E-state index >= 15 is 0 Å². The first-order valence-corrected chi connectivity index (χ1v) is 6.74. The predicted octanol–water partition coefficient (Wildman–Crippen LogP) is 3.52. The first kappa shape index (κ1) is 12.8.